The molecule has 0 aromatic heterocycles. The van der Waals surface area contributed by atoms with E-state index in [-0.39, 0.29) is 28.9 Å². The molecule has 2 aromatic carbocycles. The predicted octanol–water partition coefficient (Wildman–Crippen LogP) is 2.88. The van der Waals surface area contributed by atoms with Gasteiger partial charge in [0.15, 0.2) is 0 Å². The maximum Gasteiger partial charge on any atom is 0.240 e. The quantitative estimate of drug-likeness (QED) is 0.108. The number of nitrogens with one attached hydrogen (secondary N) is 4. The summed E-state index contributed by atoms with van der Waals surface area (Å²) in [5.41, 5.74) is 11.7. The smallest absolute Gasteiger partial charge is 0.240 e. The molecule has 0 amide bonds. The number of benzene rings is 2. The Kier molecular flexibility index (Phi) is 12.7. The minimum atomic E-state index is -3.58. The second-order valence-corrected chi connectivity index (χ2v) is 11.7. The summed E-state index contributed by atoms with van der Waals surface area (Å²) in [6.45, 7) is 0.706. The maximum absolute atomic E-state index is 12.3. The van der Waals surface area contributed by atoms with Crippen LogP contribution in [0.3, 0.4) is 0 Å². The number of nitrogen functional groups attached to an aromatic ring is 2. The van der Waals surface area contributed by atoms with Crippen molar-refractivity contribution in [2.24, 2.45) is 11.5 Å². The van der Waals surface area contributed by atoms with Crippen LogP contribution < -0.4 is 20.9 Å². The Bertz CT molecular complexity index is 1100. The lowest BCUT2D eigenvalue weighted by molar-refractivity contribution is 0.554. The van der Waals surface area contributed by atoms with Gasteiger partial charge in [-0.15, -0.1) is 0 Å². The predicted molar refractivity (Wildman–Crippen MR) is 144 cm³/mol. The summed E-state index contributed by atoms with van der Waals surface area (Å²) in [6.07, 6.45) is 6.20. The van der Waals surface area contributed by atoms with E-state index in [0.29, 0.717) is 24.2 Å². The Hall–Kier alpha value is -2.80. The van der Waals surface area contributed by atoms with Crippen molar-refractivity contribution in [2.45, 2.75) is 62.2 Å². The van der Waals surface area contributed by atoms with Gasteiger partial charge in [0.2, 0.25) is 20.0 Å². The van der Waals surface area contributed by atoms with Crippen molar-refractivity contribution in [1.82, 2.24) is 9.44 Å². The van der Waals surface area contributed by atoms with Crippen molar-refractivity contribution >= 4 is 31.7 Å². The molecule has 0 aliphatic heterocycles. The molecule has 0 saturated heterocycles. The number of rotatable bonds is 16. The Labute approximate surface area is 215 Å². The number of unbranched alkanes of at least 4 members (excludes halogenated alkanes) is 6. The number of hydrogen-bond donors (Lipinski definition) is 6. The van der Waals surface area contributed by atoms with Gasteiger partial charge in [-0.2, -0.15) is 0 Å². The normalized spacial score (nSPS) is 11.6. The van der Waals surface area contributed by atoms with Crippen LogP contribution in [0, 0.1) is 10.8 Å². The van der Waals surface area contributed by atoms with Crippen LogP contribution in [0.1, 0.15) is 63.5 Å². The van der Waals surface area contributed by atoms with Crippen LogP contribution in [0.2, 0.25) is 0 Å². The third kappa shape index (κ3) is 10.1. The third-order valence-electron chi connectivity index (χ3n) is 5.39. The molecule has 2 rings (SSSR count). The van der Waals surface area contributed by atoms with E-state index in [1.165, 1.54) is 48.5 Å². The molecule has 2 aromatic rings. The van der Waals surface area contributed by atoms with Gasteiger partial charge in [0.05, 0.1) is 9.79 Å². The molecular weight excluding hydrogens is 500 g/mol. The van der Waals surface area contributed by atoms with E-state index in [0.717, 1.165) is 44.9 Å². The number of sulfonamides is 2. The van der Waals surface area contributed by atoms with Gasteiger partial charge in [0, 0.05) is 24.2 Å². The van der Waals surface area contributed by atoms with Gasteiger partial charge in [-0.05, 0) is 61.4 Å². The van der Waals surface area contributed by atoms with Crippen molar-refractivity contribution in [2.75, 3.05) is 13.1 Å². The molecule has 0 saturated carbocycles. The highest BCUT2D eigenvalue weighted by Crippen LogP contribution is 2.13. The Morgan fingerprint density at radius 1 is 0.583 bits per heavy atom. The Morgan fingerprint density at radius 3 is 1.14 bits per heavy atom. The molecule has 0 heterocycles. The molecule has 10 nitrogen and oxygen atoms in total. The molecule has 0 aliphatic carbocycles. The fourth-order valence-electron chi connectivity index (χ4n) is 3.34. The van der Waals surface area contributed by atoms with Crippen molar-refractivity contribution < 1.29 is 16.8 Å². The van der Waals surface area contributed by atoms with Crippen LogP contribution in [-0.4, -0.2) is 41.6 Å². The first-order valence-corrected chi connectivity index (χ1v) is 14.4. The first-order valence-electron chi connectivity index (χ1n) is 11.4. The van der Waals surface area contributed by atoms with E-state index in [4.69, 9.17) is 22.3 Å². The maximum atomic E-state index is 12.3. The zero-order valence-electron chi connectivity index (χ0n) is 19.6. The fourth-order valence-corrected chi connectivity index (χ4v) is 5.49. The van der Waals surface area contributed by atoms with Gasteiger partial charge in [-0.3, -0.25) is 10.8 Å². The molecule has 0 fully saturated rings. The summed E-state index contributed by atoms with van der Waals surface area (Å²) < 4.78 is 54.3. The van der Waals surface area contributed by atoms with E-state index >= 15 is 0 Å². The van der Waals surface area contributed by atoms with Crippen LogP contribution in [0.5, 0.6) is 0 Å². The lowest BCUT2D eigenvalue weighted by Crippen LogP contribution is -2.25. The third-order valence-corrected chi connectivity index (χ3v) is 8.34. The molecule has 200 valence electrons. The number of amidine groups is 2. The van der Waals surface area contributed by atoms with Gasteiger partial charge < -0.3 is 11.5 Å². The molecule has 0 unspecified atom stereocenters. The first-order chi connectivity index (χ1) is 16.5. The van der Waals surface area contributed by atoms with Gasteiger partial charge in [0.25, 0.3) is 0 Å². The minimum Gasteiger partial charge on any atom is -0.384 e. The number of nitrogens with two attached hydrogens (primary N) is 2. The van der Waals surface area contributed by atoms with Crippen LogP contribution in [-0.2, 0) is 20.0 Å². The van der Waals surface area contributed by atoms with E-state index in [1.54, 1.807) is 0 Å². The SMILES string of the molecule is C.N=C(N)c1ccc(S(=O)(=O)NCCCCCCCCCNS(=O)(=O)c2ccc(C(=N)N)cc2)cc1. The summed E-state index contributed by atoms with van der Waals surface area (Å²) in [5.74, 6) is -0.221. The van der Waals surface area contributed by atoms with E-state index in [2.05, 4.69) is 9.44 Å². The van der Waals surface area contributed by atoms with Gasteiger partial charge in [-0.25, -0.2) is 26.3 Å². The standard InChI is InChI=1S/C23H34N6O4S2.CH4/c24-22(25)18-8-12-20(13-9-18)34(30,31)28-16-6-4-2-1-3-5-7-17-29-35(32,33)21-14-10-19(11-15-21)23(26)27;/h8-15,28-29H,1-7,16-17H2,(H3,24,25)(H3,26,27);1H4. The molecule has 0 aliphatic rings. The van der Waals surface area contributed by atoms with Crippen molar-refractivity contribution in [3.63, 3.8) is 0 Å². The molecule has 0 radical (unpaired) electrons. The van der Waals surface area contributed by atoms with Gasteiger partial charge in [0.1, 0.15) is 11.7 Å². The van der Waals surface area contributed by atoms with Crippen LogP contribution in [0.4, 0.5) is 0 Å². The molecule has 8 N–H and O–H groups in total. The Balaban J connectivity index is 0.00000648. The minimum absolute atomic E-state index is 0. The van der Waals surface area contributed by atoms with E-state index < -0.39 is 20.0 Å². The lowest BCUT2D eigenvalue weighted by atomic mass is 10.1. The largest absolute Gasteiger partial charge is 0.384 e. The highest BCUT2D eigenvalue weighted by atomic mass is 32.2. The topological polar surface area (TPSA) is 192 Å². The van der Waals surface area contributed by atoms with Gasteiger partial charge >= 0.3 is 0 Å². The van der Waals surface area contributed by atoms with Crippen molar-refractivity contribution in [3.8, 4) is 0 Å². The summed E-state index contributed by atoms with van der Waals surface area (Å²) in [5, 5.41) is 14.7. The summed E-state index contributed by atoms with van der Waals surface area (Å²) in [6, 6.07) is 11.8. The average molecular weight is 539 g/mol. The summed E-state index contributed by atoms with van der Waals surface area (Å²) in [7, 11) is -7.16. The molecule has 0 bridgehead atoms. The lowest BCUT2D eigenvalue weighted by Gasteiger charge is -2.08. The van der Waals surface area contributed by atoms with Crippen LogP contribution in [0.15, 0.2) is 58.3 Å². The summed E-state index contributed by atoms with van der Waals surface area (Å²) in [4.78, 5) is 0.289. The molecule has 12 heteroatoms. The van der Waals surface area contributed by atoms with Crippen LogP contribution >= 0.6 is 0 Å². The highest BCUT2D eigenvalue weighted by Gasteiger charge is 2.14. The monoisotopic (exact) mass is 538 g/mol. The zero-order chi connectivity index (χ0) is 25.9. The molecule has 0 atom stereocenters. The van der Waals surface area contributed by atoms with E-state index in [1.807, 2.05) is 0 Å². The van der Waals surface area contributed by atoms with Gasteiger partial charge in [-0.1, -0.05) is 39.5 Å². The molecule has 0 spiro atoms. The second kappa shape index (κ2) is 14.7. The van der Waals surface area contributed by atoms with Crippen molar-refractivity contribution in [1.29, 1.82) is 10.8 Å². The molecular formula is C24H38N6O4S2. The average Bonchev–Trinajstić information content (AvgIpc) is 2.82. The summed E-state index contributed by atoms with van der Waals surface area (Å²) >= 11 is 0. The van der Waals surface area contributed by atoms with Crippen LogP contribution in [0.25, 0.3) is 0 Å². The highest BCUT2D eigenvalue weighted by molar-refractivity contribution is 7.89. The zero-order valence-corrected chi connectivity index (χ0v) is 21.2. The van der Waals surface area contributed by atoms with E-state index in [9.17, 15) is 16.8 Å². The fraction of sp³-hybridized carbons (Fsp3) is 0.417. The second-order valence-electron chi connectivity index (χ2n) is 8.15. The first kappa shape index (κ1) is 31.2. The number of hydrogen-bond acceptors (Lipinski definition) is 6. The van der Waals surface area contributed by atoms with Crippen molar-refractivity contribution in [3.05, 3.63) is 59.7 Å². The molecule has 36 heavy (non-hydrogen) atoms. The Morgan fingerprint density at radius 2 is 0.861 bits per heavy atom.